The number of benzene rings is 2. The number of hydrogen-bond donors (Lipinski definition) is 1. The third-order valence-corrected chi connectivity index (χ3v) is 6.95. The Morgan fingerprint density at radius 2 is 1.56 bits per heavy atom. The minimum Gasteiger partial charge on any atom is -0.493 e. The van der Waals surface area contributed by atoms with Gasteiger partial charge in [-0.2, -0.15) is 0 Å². The first kappa shape index (κ1) is 29.5. The summed E-state index contributed by atoms with van der Waals surface area (Å²) in [5, 5.41) is 3.09. The van der Waals surface area contributed by atoms with Crippen molar-refractivity contribution in [3.63, 3.8) is 0 Å². The molecule has 0 aliphatic carbocycles. The molecule has 4 rings (SSSR count). The van der Waals surface area contributed by atoms with Gasteiger partial charge in [0.25, 0.3) is 0 Å². The zero-order chi connectivity index (χ0) is 29.7. The lowest BCUT2D eigenvalue weighted by molar-refractivity contribution is -0.139. The Morgan fingerprint density at radius 3 is 2.20 bits per heavy atom. The average Bonchev–Trinajstić information content (AvgIpc) is 3.45. The second-order valence-electron chi connectivity index (χ2n) is 9.59. The second kappa shape index (κ2) is 12.8. The maximum atomic E-state index is 13.7. The van der Waals surface area contributed by atoms with Gasteiger partial charge in [0.15, 0.2) is 11.5 Å². The predicted molar refractivity (Wildman–Crippen MR) is 147 cm³/mol. The fraction of sp³-hybridized carbons (Fsp3) is 0.367. The molecule has 1 N–H and O–H groups in total. The Bertz CT molecular complexity index is 1400. The maximum Gasteiger partial charge on any atom is 0.342 e. The van der Waals surface area contributed by atoms with E-state index < -0.39 is 23.8 Å². The number of likely N-dealkylation sites (N-methyl/N-ethyl adjacent to an activating group) is 1. The van der Waals surface area contributed by atoms with E-state index in [4.69, 9.17) is 28.4 Å². The van der Waals surface area contributed by atoms with Crippen LogP contribution < -0.4 is 19.5 Å². The lowest BCUT2D eigenvalue weighted by Gasteiger charge is -2.31. The van der Waals surface area contributed by atoms with Crippen LogP contribution in [0.25, 0.3) is 0 Å². The number of carbonyl (C=O) groups excluding carboxylic acids is 3. The molecule has 11 heteroatoms. The van der Waals surface area contributed by atoms with Gasteiger partial charge in [0.2, 0.25) is 12.5 Å². The largest absolute Gasteiger partial charge is 0.493 e. The summed E-state index contributed by atoms with van der Waals surface area (Å²) in [5.74, 6) is -2.58. The van der Waals surface area contributed by atoms with E-state index in [0.29, 0.717) is 24.5 Å². The van der Waals surface area contributed by atoms with E-state index in [9.17, 15) is 14.4 Å². The fourth-order valence-electron chi connectivity index (χ4n) is 5.05. The van der Waals surface area contributed by atoms with Crippen LogP contribution in [0.4, 0.5) is 0 Å². The molecule has 2 aliphatic heterocycles. The first-order valence-electron chi connectivity index (χ1n) is 13.0. The molecule has 2 aromatic carbocycles. The van der Waals surface area contributed by atoms with Crippen LogP contribution in [0, 0.1) is 0 Å². The Hall–Kier alpha value is -4.51. The molecular weight excluding hydrogens is 532 g/mol. The zero-order valence-electron chi connectivity index (χ0n) is 24.0. The second-order valence-corrected chi connectivity index (χ2v) is 9.59. The van der Waals surface area contributed by atoms with Crippen molar-refractivity contribution in [1.29, 1.82) is 0 Å². The van der Waals surface area contributed by atoms with Crippen molar-refractivity contribution < 1.29 is 42.8 Å². The molecule has 2 heterocycles. The van der Waals surface area contributed by atoms with Crippen molar-refractivity contribution in [3.8, 4) is 17.2 Å². The van der Waals surface area contributed by atoms with Gasteiger partial charge in [0, 0.05) is 24.5 Å². The molecule has 0 saturated carbocycles. The van der Waals surface area contributed by atoms with Gasteiger partial charge < -0.3 is 33.7 Å². The molecular formula is C30H34N2O9. The van der Waals surface area contributed by atoms with E-state index in [1.54, 1.807) is 19.9 Å². The van der Waals surface area contributed by atoms with E-state index in [-0.39, 0.29) is 52.9 Å². The van der Waals surface area contributed by atoms with Crippen molar-refractivity contribution in [2.24, 2.45) is 0 Å². The van der Waals surface area contributed by atoms with Crippen LogP contribution in [0.5, 0.6) is 17.2 Å². The molecule has 41 heavy (non-hydrogen) atoms. The van der Waals surface area contributed by atoms with Gasteiger partial charge in [-0.3, -0.25) is 4.90 Å². The van der Waals surface area contributed by atoms with E-state index in [1.165, 1.54) is 21.3 Å². The Balaban J connectivity index is 1.73. The summed E-state index contributed by atoms with van der Waals surface area (Å²) in [6, 6.07) is 11.5. The summed E-state index contributed by atoms with van der Waals surface area (Å²) in [5.41, 5.74) is 2.53. The van der Waals surface area contributed by atoms with Gasteiger partial charge in [-0.25, -0.2) is 14.4 Å². The number of methoxy groups -OCH3 is 3. The Kier molecular flexibility index (Phi) is 9.18. The van der Waals surface area contributed by atoms with E-state index >= 15 is 0 Å². The molecule has 0 radical (unpaired) electrons. The minimum atomic E-state index is -1.07. The fourth-order valence-corrected chi connectivity index (χ4v) is 5.05. The lowest BCUT2D eigenvalue weighted by Crippen LogP contribution is -2.34. The van der Waals surface area contributed by atoms with Crippen LogP contribution in [0.15, 0.2) is 58.9 Å². The lowest BCUT2D eigenvalue weighted by atomic mass is 9.78. The van der Waals surface area contributed by atoms with E-state index in [1.807, 2.05) is 42.3 Å². The zero-order valence-corrected chi connectivity index (χ0v) is 24.0. The van der Waals surface area contributed by atoms with Crippen LogP contribution in [0.1, 0.15) is 41.3 Å². The molecule has 1 atom stereocenters. The molecule has 11 nitrogen and oxygen atoms in total. The van der Waals surface area contributed by atoms with E-state index in [0.717, 1.165) is 5.56 Å². The molecule has 2 aliphatic rings. The molecule has 0 spiro atoms. The number of dihydropyridines is 1. The number of ether oxygens (including phenoxy) is 6. The van der Waals surface area contributed by atoms with E-state index in [2.05, 4.69) is 5.32 Å². The minimum absolute atomic E-state index is 0.00241. The van der Waals surface area contributed by atoms with Crippen LogP contribution in [-0.4, -0.2) is 71.1 Å². The number of carbonyl (C=O) groups is 3. The van der Waals surface area contributed by atoms with Gasteiger partial charge in [0.1, 0.15) is 12.2 Å². The summed E-state index contributed by atoms with van der Waals surface area (Å²) in [6.45, 7) is 4.48. The number of fused-ring (bicyclic) bond motifs is 1. The van der Waals surface area contributed by atoms with Crippen LogP contribution in [0.2, 0.25) is 0 Å². The summed E-state index contributed by atoms with van der Waals surface area (Å²) < 4.78 is 32.6. The highest BCUT2D eigenvalue weighted by atomic mass is 16.7. The SMILES string of the molecule is COC(=O)C1=C(C)NC(C)=C(C(=O)OCCN(C)Cc2ccccc2)C1c1cc(OC)c2c(c1C(=O)OC)OCO2. The molecule has 0 amide bonds. The number of nitrogens with zero attached hydrogens (tertiary/aromatic N) is 1. The van der Waals surface area contributed by atoms with Crippen LogP contribution in [0.3, 0.4) is 0 Å². The molecule has 1 unspecified atom stereocenters. The van der Waals surface area contributed by atoms with Gasteiger partial charge in [-0.15, -0.1) is 0 Å². The van der Waals surface area contributed by atoms with Gasteiger partial charge >= 0.3 is 17.9 Å². The van der Waals surface area contributed by atoms with Gasteiger partial charge in [-0.1, -0.05) is 30.3 Å². The standard InChI is InChI=1S/C30H34N2O9/c1-17-22(28(33)37-5)24(20-14-21(36-4)26-27(41-16-40-26)25(20)29(34)38-6)23(18(2)31-17)30(35)39-13-12-32(3)15-19-10-8-7-9-11-19/h7-11,14,24,31H,12-13,15-16H2,1-6H3. The number of nitrogens with one attached hydrogen (secondary N) is 1. The molecule has 0 saturated heterocycles. The Labute approximate surface area is 238 Å². The van der Waals surface area contributed by atoms with Crippen molar-refractivity contribution in [3.05, 3.63) is 75.6 Å². The summed E-state index contributed by atoms with van der Waals surface area (Å²) in [4.78, 5) is 42.0. The molecule has 2 aromatic rings. The monoisotopic (exact) mass is 566 g/mol. The third kappa shape index (κ3) is 5.99. The van der Waals surface area contributed by atoms with Crippen molar-refractivity contribution in [2.45, 2.75) is 26.3 Å². The van der Waals surface area contributed by atoms with Gasteiger partial charge in [-0.05, 0) is 38.1 Å². The van der Waals surface area contributed by atoms with Crippen LogP contribution >= 0.6 is 0 Å². The van der Waals surface area contributed by atoms with Crippen molar-refractivity contribution in [2.75, 3.05) is 48.3 Å². The molecule has 218 valence electrons. The van der Waals surface area contributed by atoms with Crippen molar-refractivity contribution in [1.82, 2.24) is 10.2 Å². The summed E-state index contributed by atoms with van der Waals surface area (Å²) in [7, 11) is 5.84. The van der Waals surface area contributed by atoms with Crippen molar-refractivity contribution >= 4 is 17.9 Å². The Morgan fingerprint density at radius 1 is 0.927 bits per heavy atom. The smallest absolute Gasteiger partial charge is 0.342 e. The third-order valence-electron chi connectivity index (χ3n) is 6.95. The number of hydrogen-bond acceptors (Lipinski definition) is 11. The average molecular weight is 567 g/mol. The van der Waals surface area contributed by atoms with Gasteiger partial charge in [0.05, 0.1) is 38.4 Å². The molecule has 0 aromatic heterocycles. The highest BCUT2D eigenvalue weighted by Crippen LogP contribution is 2.50. The number of rotatable bonds is 10. The maximum absolute atomic E-state index is 13.7. The normalized spacial score (nSPS) is 15.9. The summed E-state index contributed by atoms with van der Waals surface area (Å²) >= 11 is 0. The highest BCUT2D eigenvalue weighted by molar-refractivity contribution is 6.03. The quantitative estimate of drug-likeness (QED) is 0.337. The molecule has 0 bridgehead atoms. The highest BCUT2D eigenvalue weighted by Gasteiger charge is 2.42. The predicted octanol–water partition coefficient (Wildman–Crippen LogP) is 3.29. The number of esters is 3. The number of allylic oxidation sites excluding steroid dienone is 2. The first-order chi connectivity index (χ1) is 19.7. The molecule has 0 fully saturated rings. The van der Waals surface area contributed by atoms with Crippen LogP contribution in [-0.2, 0) is 30.3 Å². The topological polar surface area (TPSA) is 122 Å². The summed E-state index contributed by atoms with van der Waals surface area (Å²) in [6.07, 6.45) is 0. The first-order valence-corrected chi connectivity index (χ1v) is 13.0.